The van der Waals surface area contributed by atoms with Crippen molar-refractivity contribution in [1.82, 2.24) is 0 Å². The summed E-state index contributed by atoms with van der Waals surface area (Å²) in [7, 11) is 0. The Morgan fingerprint density at radius 2 is 1.06 bits per heavy atom. The summed E-state index contributed by atoms with van der Waals surface area (Å²) in [6.45, 7) is 2.09. The number of aryl methyl sites for hydroxylation is 1. The van der Waals surface area contributed by atoms with Gasteiger partial charge in [0.2, 0.25) is 0 Å². The summed E-state index contributed by atoms with van der Waals surface area (Å²) in [5, 5.41) is 0. The second kappa shape index (κ2) is 9.71. The van der Waals surface area contributed by atoms with E-state index >= 15 is 0 Å². The van der Waals surface area contributed by atoms with Gasteiger partial charge in [0.1, 0.15) is 17.5 Å². The lowest BCUT2D eigenvalue weighted by Gasteiger charge is -2.10. The van der Waals surface area contributed by atoms with Gasteiger partial charge < -0.3 is 0 Å². The van der Waals surface area contributed by atoms with E-state index in [0.717, 1.165) is 41.2 Å². The molecule has 0 amide bonds. The van der Waals surface area contributed by atoms with Crippen molar-refractivity contribution in [1.29, 1.82) is 0 Å². The van der Waals surface area contributed by atoms with Crippen LogP contribution in [0.15, 0.2) is 78.9 Å². The van der Waals surface area contributed by atoms with E-state index in [1.807, 2.05) is 36.4 Å². The van der Waals surface area contributed by atoms with Gasteiger partial charge in [0, 0.05) is 11.5 Å². The maximum atomic E-state index is 14.9. The fourth-order valence-corrected chi connectivity index (χ4v) is 3.70. The van der Waals surface area contributed by atoms with Crippen LogP contribution < -0.4 is 0 Å². The van der Waals surface area contributed by atoms with Crippen LogP contribution in [0, 0.1) is 29.3 Å². The van der Waals surface area contributed by atoms with Crippen molar-refractivity contribution < 1.29 is 26.3 Å². The summed E-state index contributed by atoms with van der Waals surface area (Å²) in [4.78, 5) is 0. The second-order valence-electron chi connectivity index (χ2n) is 7.89. The molecular weight excluding hydrogens is 462 g/mol. The van der Waals surface area contributed by atoms with Gasteiger partial charge in [-0.1, -0.05) is 73.5 Å². The van der Waals surface area contributed by atoms with E-state index in [1.54, 1.807) is 6.07 Å². The summed E-state index contributed by atoms with van der Waals surface area (Å²) in [6, 6.07) is 21.5. The maximum Gasteiger partial charge on any atom is 0.458 e. The Balaban J connectivity index is 1.61. The van der Waals surface area contributed by atoms with Crippen LogP contribution in [0.1, 0.15) is 18.1 Å². The van der Waals surface area contributed by atoms with Crippen LogP contribution in [-0.4, -0.2) is 6.18 Å². The maximum absolute atomic E-state index is 14.9. The molecule has 0 aliphatic carbocycles. The fraction of sp³-hybridized carbons (Fsp3) is 0.103. The molecule has 0 saturated heterocycles. The molecule has 0 fully saturated rings. The first-order valence-electron chi connectivity index (χ1n) is 10.7. The highest BCUT2D eigenvalue weighted by Crippen LogP contribution is 2.31. The van der Waals surface area contributed by atoms with E-state index in [2.05, 4.69) is 19.1 Å². The van der Waals surface area contributed by atoms with Crippen LogP contribution in [0.5, 0.6) is 0 Å². The average molecular weight is 480 g/mol. The van der Waals surface area contributed by atoms with Crippen LogP contribution in [-0.2, 0) is 6.42 Å². The van der Waals surface area contributed by atoms with E-state index in [-0.39, 0.29) is 11.1 Å². The number of halogens is 6. The van der Waals surface area contributed by atoms with E-state index in [1.165, 1.54) is 23.6 Å². The topological polar surface area (TPSA) is 0 Å². The Labute approximate surface area is 198 Å². The fourth-order valence-electron chi connectivity index (χ4n) is 3.70. The van der Waals surface area contributed by atoms with Crippen molar-refractivity contribution >= 4 is 0 Å². The average Bonchev–Trinajstić information content (AvgIpc) is 2.83. The lowest BCUT2D eigenvalue weighted by molar-refractivity contribution is -0.0696. The monoisotopic (exact) mass is 480 g/mol. The Bertz CT molecular complexity index is 1400. The third-order valence-corrected chi connectivity index (χ3v) is 5.57. The Morgan fingerprint density at radius 3 is 1.54 bits per heavy atom. The number of alkyl halides is 3. The molecule has 0 unspecified atom stereocenters. The molecule has 0 N–H and O–H groups in total. The molecule has 176 valence electrons. The summed E-state index contributed by atoms with van der Waals surface area (Å²) >= 11 is 0. The molecule has 6 heteroatoms. The smallest absolute Gasteiger partial charge is 0.206 e. The second-order valence-corrected chi connectivity index (χ2v) is 7.89. The van der Waals surface area contributed by atoms with Gasteiger partial charge in [-0.05, 0) is 58.0 Å². The highest BCUT2D eigenvalue weighted by molar-refractivity contribution is 5.74. The normalized spacial score (nSPS) is 11.2. The summed E-state index contributed by atoms with van der Waals surface area (Å²) in [6.07, 6.45) is -3.94. The quantitative estimate of drug-likeness (QED) is 0.203. The van der Waals surface area contributed by atoms with Gasteiger partial charge in [0.05, 0.1) is 5.56 Å². The van der Waals surface area contributed by atoms with Crippen molar-refractivity contribution in [2.45, 2.75) is 19.5 Å². The standard InChI is InChI=1S/C29H18F6/c1-2-18-3-5-19(6-4-18)20-7-9-21(10-8-20)22-11-12-24(26(30)15-22)23-16-27(31)25(28(32)17-23)13-14-29(33,34)35/h3-12,15-17H,2H2,1H3. The molecule has 0 aliphatic rings. The molecule has 4 aromatic carbocycles. The highest BCUT2D eigenvalue weighted by Gasteiger charge is 2.24. The predicted octanol–water partition coefficient (Wildman–Crippen LogP) is 8.58. The SMILES string of the molecule is CCc1ccc(-c2ccc(-c3ccc(-c4cc(F)c(C#CC(F)(F)F)c(F)c4)c(F)c3)cc2)cc1. The minimum absolute atomic E-state index is 0.0884. The van der Waals surface area contributed by atoms with Crippen LogP contribution in [0.3, 0.4) is 0 Å². The number of hydrogen-bond donors (Lipinski definition) is 0. The van der Waals surface area contributed by atoms with Crippen molar-refractivity contribution in [2.24, 2.45) is 0 Å². The molecule has 0 radical (unpaired) electrons. The molecule has 0 spiro atoms. The first kappa shape index (κ1) is 24.2. The zero-order chi connectivity index (χ0) is 25.2. The molecule has 0 heterocycles. The van der Waals surface area contributed by atoms with Crippen molar-refractivity contribution in [3.8, 4) is 45.2 Å². The molecule has 0 aromatic heterocycles. The van der Waals surface area contributed by atoms with Gasteiger partial charge >= 0.3 is 6.18 Å². The first-order valence-corrected chi connectivity index (χ1v) is 10.7. The Kier molecular flexibility index (Phi) is 6.70. The van der Waals surface area contributed by atoms with Crippen LogP contribution in [0.4, 0.5) is 26.3 Å². The molecule has 0 nitrogen and oxygen atoms in total. The molecule has 0 bridgehead atoms. The molecule has 4 rings (SSSR count). The van der Waals surface area contributed by atoms with Crippen molar-refractivity contribution in [3.05, 3.63) is 107 Å². The third kappa shape index (κ3) is 5.58. The first-order chi connectivity index (χ1) is 16.6. The molecule has 4 aromatic rings. The molecule has 0 aliphatic heterocycles. The summed E-state index contributed by atoms with van der Waals surface area (Å²) in [5.41, 5.74) is 3.36. The Morgan fingerprint density at radius 1 is 0.600 bits per heavy atom. The molecule has 35 heavy (non-hydrogen) atoms. The van der Waals surface area contributed by atoms with Crippen LogP contribution in [0.2, 0.25) is 0 Å². The lowest BCUT2D eigenvalue weighted by atomic mass is 9.96. The minimum atomic E-state index is -4.89. The largest absolute Gasteiger partial charge is 0.458 e. The van der Waals surface area contributed by atoms with E-state index < -0.39 is 29.2 Å². The van der Waals surface area contributed by atoms with Gasteiger partial charge in [0.15, 0.2) is 0 Å². The van der Waals surface area contributed by atoms with E-state index in [4.69, 9.17) is 0 Å². The highest BCUT2D eigenvalue weighted by atomic mass is 19.4. The number of benzene rings is 4. The van der Waals surface area contributed by atoms with Gasteiger partial charge in [0.25, 0.3) is 0 Å². The zero-order valence-corrected chi connectivity index (χ0v) is 18.5. The van der Waals surface area contributed by atoms with Gasteiger partial charge in [-0.2, -0.15) is 13.2 Å². The predicted molar refractivity (Wildman–Crippen MR) is 125 cm³/mol. The molecular formula is C29H18F6. The van der Waals surface area contributed by atoms with Crippen molar-refractivity contribution in [2.75, 3.05) is 0 Å². The van der Waals surface area contributed by atoms with Gasteiger partial charge in [-0.3, -0.25) is 0 Å². The van der Waals surface area contributed by atoms with Gasteiger partial charge in [-0.25, -0.2) is 13.2 Å². The van der Waals surface area contributed by atoms with Crippen molar-refractivity contribution in [3.63, 3.8) is 0 Å². The summed E-state index contributed by atoms with van der Waals surface area (Å²) in [5.74, 6) is -1.05. The number of hydrogen-bond acceptors (Lipinski definition) is 0. The molecule has 0 saturated carbocycles. The summed E-state index contributed by atoms with van der Waals surface area (Å²) < 4.78 is 80.1. The third-order valence-electron chi connectivity index (χ3n) is 5.57. The van der Waals surface area contributed by atoms with Crippen LogP contribution >= 0.6 is 0 Å². The number of rotatable bonds is 4. The lowest BCUT2D eigenvalue weighted by Crippen LogP contribution is -2.02. The van der Waals surface area contributed by atoms with Crippen LogP contribution in [0.25, 0.3) is 33.4 Å². The van der Waals surface area contributed by atoms with Gasteiger partial charge in [-0.15, -0.1) is 0 Å². The molecule has 0 atom stereocenters. The Hall–Kier alpha value is -3.98. The van der Waals surface area contributed by atoms with E-state index in [0.29, 0.717) is 5.56 Å². The van der Waals surface area contributed by atoms with E-state index in [9.17, 15) is 26.3 Å². The minimum Gasteiger partial charge on any atom is -0.206 e. The zero-order valence-electron chi connectivity index (χ0n) is 18.5.